The molecule has 0 radical (unpaired) electrons. The summed E-state index contributed by atoms with van der Waals surface area (Å²) in [6.45, 7) is 2.18. The Morgan fingerprint density at radius 2 is 0.772 bits per heavy atom. The Balaban J connectivity index is 0.000000108. The molecule has 8 nitrogen and oxygen atoms in total. The molecule has 0 spiro atoms. The highest BCUT2D eigenvalue weighted by molar-refractivity contribution is 6.02. The maximum atomic E-state index is 10.0. The average Bonchev–Trinajstić information content (AvgIpc) is 4.12. The van der Waals surface area contributed by atoms with Crippen molar-refractivity contribution < 1.29 is 30.6 Å². The van der Waals surface area contributed by atoms with E-state index in [0.29, 0.717) is 16.8 Å². The molecule has 0 unspecified atom stereocenters. The zero-order chi connectivity index (χ0) is 54.7. The van der Waals surface area contributed by atoms with Crippen LogP contribution in [-0.4, -0.2) is 47.2 Å². The van der Waals surface area contributed by atoms with Crippen molar-refractivity contribution in [3.05, 3.63) is 294 Å². The number of aliphatic hydroxyl groups excluding tert-OH is 3. The summed E-state index contributed by atoms with van der Waals surface area (Å²) in [5, 5.41) is 65.7. The van der Waals surface area contributed by atoms with Crippen molar-refractivity contribution in [2.75, 3.05) is 6.61 Å². The van der Waals surface area contributed by atoms with Gasteiger partial charge in [0, 0.05) is 34.0 Å². The van der Waals surface area contributed by atoms with Crippen LogP contribution in [0.3, 0.4) is 0 Å². The molecule has 13 aromatic rings. The minimum absolute atomic E-state index is 0.0852. The van der Waals surface area contributed by atoms with Crippen molar-refractivity contribution in [2.45, 2.75) is 25.6 Å². The van der Waals surface area contributed by atoms with Crippen LogP contribution < -0.4 is 0 Å². The fourth-order valence-corrected chi connectivity index (χ4v) is 10.4. The summed E-state index contributed by atoms with van der Waals surface area (Å²) in [5.74, 6) is 1.000. The van der Waals surface area contributed by atoms with Gasteiger partial charge in [-0.1, -0.05) is 218 Å². The zero-order valence-corrected chi connectivity index (χ0v) is 43.5. The van der Waals surface area contributed by atoms with E-state index in [2.05, 4.69) is 88.8 Å². The maximum Gasteiger partial charge on any atom is 0.141 e. The van der Waals surface area contributed by atoms with E-state index in [4.69, 9.17) is 0 Å². The topological polar surface area (TPSA) is 147 Å². The lowest BCUT2D eigenvalue weighted by Gasteiger charge is -2.08. The van der Waals surface area contributed by atoms with Crippen molar-refractivity contribution in [1.82, 2.24) is 9.97 Å². The number of hydrogen-bond donors (Lipinski definition) is 6. The van der Waals surface area contributed by atoms with E-state index >= 15 is 0 Å². The Labute approximate surface area is 458 Å². The molecule has 0 bridgehead atoms. The van der Waals surface area contributed by atoms with E-state index in [0.717, 1.165) is 65.8 Å². The van der Waals surface area contributed by atoms with Crippen LogP contribution in [0.25, 0.3) is 76.4 Å². The largest absolute Gasteiger partial charge is 0.507 e. The Morgan fingerprint density at radius 1 is 0.367 bits per heavy atom. The Kier molecular flexibility index (Phi) is 16.4. The van der Waals surface area contributed by atoms with Crippen LogP contribution in [0.2, 0.25) is 0 Å². The molecule has 15 rings (SSSR count). The Bertz CT molecular complexity index is 4000. The molecule has 11 aromatic carbocycles. The van der Waals surface area contributed by atoms with E-state index in [-0.39, 0.29) is 30.6 Å². The maximum absolute atomic E-state index is 10.0. The number of rotatable bonds is 2. The predicted molar refractivity (Wildman–Crippen MR) is 321 cm³/mol. The highest BCUT2D eigenvalue weighted by Gasteiger charge is 2.27. The molecular weight excluding hydrogens is 977 g/mol. The lowest BCUT2D eigenvalue weighted by Crippen LogP contribution is -2.01. The summed E-state index contributed by atoms with van der Waals surface area (Å²) >= 11 is 0. The predicted octanol–water partition coefficient (Wildman–Crippen LogP) is 15.8. The molecule has 0 fully saturated rings. The molecule has 2 aliphatic carbocycles. The van der Waals surface area contributed by atoms with E-state index in [9.17, 15) is 30.6 Å². The van der Waals surface area contributed by atoms with Crippen molar-refractivity contribution in [3.63, 3.8) is 0 Å². The van der Waals surface area contributed by atoms with Gasteiger partial charge in [-0.2, -0.15) is 0 Å². The molecule has 2 aromatic heterocycles. The Morgan fingerprint density at radius 3 is 1.29 bits per heavy atom. The summed E-state index contributed by atoms with van der Waals surface area (Å²) in [7, 11) is 0. The van der Waals surface area contributed by atoms with E-state index in [1.54, 1.807) is 30.5 Å². The molecule has 0 saturated carbocycles. The molecule has 0 saturated heterocycles. The number of fused-ring (bicyclic) bond motifs is 11. The van der Waals surface area contributed by atoms with Gasteiger partial charge in [0.1, 0.15) is 34.4 Å². The van der Waals surface area contributed by atoms with Gasteiger partial charge in [0.05, 0.1) is 13.2 Å². The molecule has 2 heterocycles. The smallest absolute Gasteiger partial charge is 0.141 e. The molecule has 0 amide bonds. The number of benzene rings is 11. The van der Waals surface area contributed by atoms with Crippen molar-refractivity contribution >= 4 is 54.1 Å². The fourth-order valence-electron chi connectivity index (χ4n) is 10.4. The second-order valence-electron chi connectivity index (χ2n) is 19.1. The van der Waals surface area contributed by atoms with Gasteiger partial charge in [-0.25, -0.2) is 4.98 Å². The molecule has 8 heteroatoms. The summed E-state index contributed by atoms with van der Waals surface area (Å²) < 4.78 is 0. The standard InChI is InChI=1S/C15H12O.C14H12O.C13H10O.C10H9NO.C10H8O.C9H7NO/c16-10-15-13-7-3-1-5-11(13)9-12-6-2-4-8-14(12)15;15-9-14-12-7-3-1-5-10(12)11-6-2-4-8-13(11)14;14-13-11-7-3-1-5-9(11)10-6-2-4-8-12(10)13;1-7-5-6-8-3-2-4-9(12)10(8)11-7;11-10-7-3-5-8-4-1-2-6-9(8)10;11-8-5-1-3-7-4-2-6-10-9(7)8/h1-9,16H,10H2;1-8,14-15H,9H2;1-8,13-14H;2-6,12H,1H3;1-7,11H;1-6,11H. The summed E-state index contributed by atoms with van der Waals surface area (Å²) in [6.07, 6.45) is 1.23. The second kappa shape index (κ2) is 24.5. The summed E-state index contributed by atoms with van der Waals surface area (Å²) in [5.41, 5.74) is 12.7. The number of hydrogen-bond acceptors (Lipinski definition) is 8. The first kappa shape index (κ1) is 52.7. The number of nitrogens with zero attached hydrogens (tertiary/aromatic N) is 2. The van der Waals surface area contributed by atoms with Gasteiger partial charge in [-0.15, -0.1) is 0 Å². The minimum Gasteiger partial charge on any atom is -0.507 e. The van der Waals surface area contributed by atoms with Crippen LogP contribution in [0.15, 0.2) is 261 Å². The van der Waals surface area contributed by atoms with Crippen molar-refractivity contribution in [1.29, 1.82) is 0 Å². The Hall–Kier alpha value is -9.70. The van der Waals surface area contributed by atoms with Crippen LogP contribution in [0.4, 0.5) is 0 Å². The average molecular weight is 1040 g/mol. The van der Waals surface area contributed by atoms with Gasteiger partial charge >= 0.3 is 0 Å². The van der Waals surface area contributed by atoms with E-state index < -0.39 is 6.10 Å². The first-order valence-electron chi connectivity index (χ1n) is 26.1. The van der Waals surface area contributed by atoms with Gasteiger partial charge in [0.25, 0.3) is 0 Å². The van der Waals surface area contributed by atoms with Crippen molar-refractivity contribution in [2.24, 2.45) is 0 Å². The molecule has 0 atom stereocenters. The first-order chi connectivity index (χ1) is 38.7. The lowest BCUT2D eigenvalue weighted by atomic mass is 9.97. The van der Waals surface area contributed by atoms with E-state index in [1.165, 1.54) is 33.0 Å². The third kappa shape index (κ3) is 11.5. The minimum atomic E-state index is -0.442. The number of phenols is 3. The fraction of sp³-hybridized carbons (Fsp3) is 0.0704. The number of aromatic nitrogens is 2. The van der Waals surface area contributed by atoms with Gasteiger partial charge < -0.3 is 30.6 Å². The van der Waals surface area contributed by atoms with Gasteiger partial charge in [-0.3, -0.25) is 4.98 Å². The number of aromatic hydroxyl groups is 3. The lowest BCUT2D eigenvalue weighted by molar-refractivity contribution is 0.225. The van der Waals surface area contributed by atoms with Crippen LogP contribution in [0.5, 0.6) is 17.2 Å². The number of aryl methyl sites for hydroxylation is 1. The third-order valence-corrected chi connectivity index (χ3v) is 14.2. The van der Waals surface area contributed by atoms with Crippen LogP contribution in [0, 0.1) is 6.92 Å². The van der Waals surface area contributed by atoms with Gasteiger partial charge in [-0.05, 0) is 120 Å². The monoisotopic (exact) mass is 1030 g/mol. The quantitative estimate of drug-likeness (QED) is 0.0938. The molecule has 6 N–H and O–H groups in total. The molecule has 79 heavy (non-hydrogen) atoms. The molecular formula is C71H58N2O6. The van der Waals surface area contributed by atoms with Crippen molar-refractivity contribution in [3.8, 4) is 39.5 Å². The molecule has 2 aliphatic rings. The molecule has 0 aliphatic heterocycles. The highest BCUT2D eigenvalue weighted by atomic mass is 16.3. The van der Waals surface area contributed by atoms with Crippen LogP contribution in [-0.2, 0) is 6.61 Å². The second-order valence-corrected chi connectivity index (χ2v) is 19.1. The summed E-state index contributed by atoms with van der Waals surface area (Å²) in [4.78, 5) is 8.26. The summed E-state index contributed by atoms with van der Waals surface area (Å²) in [6, 6.07) is 82.9. The third-order valence-electron chi connectivity index (χ3n) is 14.2. The normalized spacial score (nSPS) is 11.7. The van der Waals surface area contributed by atoms with Crippen LogP contribution in [0.1, 0.15) is 45.5 Å². The highest BCUT2D eigenvalue weighted by Crippen LogP contribution is 2.45. The first-order valence-corrected chi connectivity index (χ1v) is 26.1. The van der Waals surface area contributed by atoms with Gasteiger partial charge in [0.15, 0.2) is 0 Å². The molecule has 388 valence electrons. The zero-order valence-electron chi connectivity index (χ0n) is 43.5. The number of para-hydroxylation sites is 2. The SMILES string of the molecule is Cc1ccc2cccc(O)c2n1.OC1c2ccccc2-c2ccccc21.OCC1c2ccccc2-c2ccccc21.OCc1c2ccccc2cc2ccccc12.Oc1cccc2ccccc12.Oc1cccc2cccnc12. The number of phenolic OH excluding ortho intramolecular Hbond substituents is 3. The van der Waals surface area contributed by atoms with Crippen LogP contribution >= 0.6 is 0 Å². The number of pyridine rings is 2. The van der Waals surface area contributed by atoms with Gasteiger partial charge in [0.2, 0.25) is 0 Å². The number of aliphatic hydroxyl groups is 3. The van der Waals surface area contributed by atoms with E-state index in [1.807, 2.05) is 159 Å².